The van der Waals surface area contributed by atoms with Crippen LogP contribution in [0.3, 0.4) is 0 Å². The lowest BCUT2D eigenvalue weighted by molar-refractivity contribution is -0.141. The first-order chi connectivity index (χ1) is 19.5. The summed E-state index contributed by atoms with van der Waals surface area (Å²) in [5.41, 5.74) is 5.57. The molecule has 0 spiro atoms. The molecule has 0 saturated carbocycles. The molecule has 0 fully saturated rings. The Balaban J connectivity index is 1.51. The highest BCUT2D eigenvalue weighted by Gasteiger charge is 2.27. The number of esters is 1. The highest BCUT2D eigenvalue weighted by Crippen LogP contribution is 2.45. The third-order valence-electron chi connectivity index (χ3n) is 7.06. The standard InChI is InChI=1S/C31H34Cl2O7S/c1-5-24-28(19(2)29(32)31(30(24)33)38-12-7-13-41(4,35)36)21-9-6-8-20(14-21)17-39-23-10-11-25-22(15-27(34)37-3)18-40-26(25)16-23/h6,8-11,14,16,22H,5,7,12-13,15,17-18H2,1-4H3/t22-/m1/s1. The number of hydrogen-bond acceptors (Lipinski definition) is 7. The summed E-state index contributed by atoms with van der Waals surface area (Å²) < 4.78 is 45.4. The van der Waals surface area contributed by atoms with Gasteiger partial charge in [-0.25, -0.2) is 8.42 Å². The molecule has 0 saturated heterocycles. The number of hydrogen-bond donors (Lipinski definition) is 0. The first kappa shape index (κ1) is 31.0. The molecule has 0 radical (unpaired) electrons. The minimum Gasteiger partial charge on any atom is -0.492 e. The maximum atomic E-state index is 11.7. The number of carbonyl (C=O) groups is 1. The second-order valence-electron chi connectivity index (χ2n) is 10.1. The SMILES string of the molecule is CCc1c(Cl)c(OCCCS(C)(=O)=O)c(Cl)c(C)c1-c1cccc(COc2ccc3c(c2)OC[C@H]3CC(=O)OC)c1. The first-order valence-electron chi connectivity index (χ1n) is 13.4. The molecule has 0 aromatic heterocycles. The van der Waals surface area contributed by atoms with Crippen LogP contribution in [0.15, 0.2) is 42.5 Å². The van der Waals surface area contributed by atoms with Gasteiger partial charge in [0.05, 0.1) is 42.5 Å². The molecule has 10 heteroatoms. The molecular weight excluding hydrogens is 587 g/mol. The van der Waals surface area contributed by atoms with Crippen LogP contribution in [0, 0.1) is 6.92 Å². The second-order valence-corrected chi connectivity index (χ2v) is 13.1. The number of benzene rings is 3. The molecule has 4 rings (SSSR count). The van der Waals surface area contributed by atoms with Crippen molar-refractivity contribution in [3.63, 3.8) is 0 Å². The van der Waals surface area contributed by atoms with Crippen molar-refractivity contribution in [1.29, 1.82) is 0 Å². The maximum absolute atomic E-state index is 11.7. The summed E-state index contributed by atoms with van der Waals surface area (Å²) in [7, 11) is -1.69. The predicted molar refractivity (Wildman–Crippen MR) is 161 cm³/mol. The number of sulfone groups is 1. The van der Waals surface area contributed by atoms with Gasteiger partial charge in [-0.1, -0.05) is 54.4 Å². The predicted octanol–water partition coefficient (Wildman–Crippen LogP) is 6.96. The minimum atomic E-state index is -3.08. The second kappa shape index (κ2) is 13.4. The third-order valence-corrected chi connectivity index (χ3v) is 8.94. The fourth-order valence-corrected chi connectivity index (χ4v) is 6.29. The molecule has 3 aromatic rings. The van der Waals surface area contributed by atoms with E-state index in [-0.39, 0.29) is 30.7 Å². The van der Waals surface area contributed by atoms with E-state index in [0.29, 0.717) is 47.6 Å². The molecule has 1 heterocycles. The van der Waals surface area contributed by atoms with E-state index in [1.54, 1.807) is 0 Å². The lowest BCUT2D eigenvalue weighted by atomic mass is 9.92. The van der Waals surface area contributed by atoms with Crippen LogP contribution < -0.4 is 14.2 Å². The van der Waals surface area contributed by atoms with Gasteiger partial charge in [0.2, 0.25) is 0 Å². The van der Waals surface area contributed by atoms with Crippen LogP contribution in [0.25, 0.3) is 11.1 Å². The van der Waals surface area contributed by atoms with Crippen LogP contribution in [0.4, 0.5) is 0 Å². The molecule has 1 aliphatic heterocycles. The zero-order valence-electron chi connectivity index (χ0n) is 23.6. The van der Waals surface area contributed by atoms with E-state index in [0.717, 1.165) is 39.1 Å². The van der Waals surface area contributed by atoms with E-state index in [2.05, 4.69) is 6.07 Å². The fourth-order valence-electron chi connectivity index (χ4n) is 4.98. The van der Waals surface area contributed by atoms with Crippen LogP contribution in [-0.2, 0) is 32.4 Å². The number of methoxy groups -OCH3 is 1. The van der Waals surface area contributed by atoms with Gasteiger partial charge in [-0.2, -0.15) is 0 Å². The Kier molecular flexibility index (Phi) is 10.1. The molecule has 0 bridgehead atoms. The van der Waals surface area contributed by atoms with Crippen molar-refractivity contribution < 1.29 is 32.2 Å². The molecule has 0 unspecified atom stereocenters. The zero-order chi connectivity index (χ0) is 29.7. The molecule has 1 atom stereocenters. The van der Waals surface area contributed by atoms with Crippen molar-refractivity contribution >= 4 is 39.0 Å². The largest absolute Gasteiger partial charge is 0.492 e. The lowest BCUT2D eigenvalue weighted by Gasteiger charge is -2.20. The van der Waals surface area contributed by atoms with E-state index < -0.39 is 9.84 Å². The quantitative estimate of drug-likeness (QED) is 0.160. The number of carbonyl (C=O) groups excluding carboxylic acids is 1. The monoisotopic (exact) mass is 620 g/mol. The average Bonchev–Trinajstić information content (AvgIpc) is 3.34. The molecule has 7 nitrogen and oxygen atoms in total. The Morgan fingerprint density at radius 1 is 1.10 bits per heavy atom. The molecule has 41 heavy (non-hydrogen) atoms. The lowest BCUT2D eigenvalue weighted by Crippen LogP contribution is -2.09. The van der Waals surface area contributed by atoms with Crippen molar-refractivity contribution in [3.05, 3.63) is 74.8 Å². The Hall–Kier alpha value is -2.94. The van der Waals surface area contributed by atoms with Gasteiger partial charge in [-0.05, 0) is 59.7 Å². The van der Waals surface area contributed by atoms with Crippen LogP contribution in [0.1, 0.15) is 47.9 Å². The van der Waals surface area contributed by atoms with Crippen molar-refractivity contribution in [2.24, 2.45) is 0 Å². The van der Waals surface area contributed by atoms with Crippen LogP contribution in [0.5, 0.6) is 17.2 Å². The summed E-state index contributed by atoms with van der Waals surface area (Å²) in [4.78, 5) is 11.7. The highest BCUT2D eigenvalue weighted by atomic mass is 35.5. The number of fused-ring (bicyclic) bond motifs is 1. The van der Waals surface area contributed by atoms with Gasteiger partial charge in [0.1, 0.15) is 27.9 Å². The summed E-state index contributed by atoms with van der Waals surface area (Å²) >= 11 is 13.5. The van der Waals surface area contributed by atoms with Gasteiger partial charge in [-0.3, -0.25) is 4.79 Å². The van der Waals surface area contributed by atoms with E-state index in [1.165, 1.54) is 13.4 Å². The van der Waals surface area contributed by atoms with Crippen molar-refractivity contribution in [2.45, 2.75) is 45.6 Å². The Morgan fingerprint density at radius 3 is 2.59 bits per heavy atom. The van der Waals surface area contributed by atoms with Crippen molar-refractivity contribution in [1.82, 2.24) is 0 Å². The third kappa shape index (κ3) is 7.48. The topological polar surface area (TPSA) is 88.1 Å². The number of halogens is 2. The van der Waals surface area contributed by atoms with Gasteiger partial charge in [0, 0.05) is 23.8 Å². The van der Waals surface area contributed by atoms with Crippen molar-refractivity contribution in [2.75, 3.05) is 32.3 Å². The molecule has 3 aromatic carbocycles. The highest BCUT2D eigenvalue weighted by molar-refractivity contribution is 7.90. The van der Waals surface area contributed by atoms with Crippen molar-refractivity contribution in [3.8, 4) is 28.4 Å². The Morgan fingerprint density at radius 2 is 1.88 bits per heavy atom. The first-order valence-corrected chi connectivity index (χ1v) is 16.2. The molecule has 0 N–H and O–H groups in total. The summed E-state index contributed by atoms with van der Waals surface area (Å²) in [5.74, 6) is 1.51. The van der Waals surface area contributed by atoms with Gasteiger partial charge in [0.15, 0.2) is 5.75 Å². The van der Waals surface area contributed by atoms with Gasteiger partial charge in [-0.15, -0.1) is 0 Å². The molecule has 0 amide bonds. The summed E-state index contributed by atoms with van der Waals surface area (Å²) in [6.07, 6.45) is 2.48. The van der Waals surface area contributed by atoms with Crippen LogP contribution in [0.2, 0.25) is 10.0 Å². The van der Waals surface area contributed by atoms with Gasteiger partial charge < -0.3 is 18.9 Å². The molecule has 0 aliphatic carbocycles. The van der Waals surface area contributed by atoms with E-state index in [9.17, 15) is 13.2 Å². The van der Waals surface area contributed by atoms with Crippen LogP contribution in [-0.4, -0.2) is 46.7 Å². The van der Waals surface area contributed by atoms with E-state index >= 15 is 0 Å². The maximum Gasteiger partial charge on any atom is 0.306 e. The molecular formula is C31H34Cl2O7S. The Bertz CT molecular complexity index is 1540. The van der Waals surface area contributed by atoms with E-state index in [4.69, 9.17) is 42.1 Å². The minimum absolute atomic E-state index is 0.0258. The summed E-state index contributed by atoms with van der Waals surface area (Å²) in [5, 5.41) is 0.842. The number of rotatable bonds is 12. The summed E-state index contributed by atoms with van der Waals surface area (Å²) in [6.45, 7) is 4.91. The summed E-state index contributed by atoms with van der Waals surface area (Å²) in [6, 6.07) is 13.7. The smallest absolute Gasteiger partial charge is 0.306 e. The van der Waals surface area contributed by atoms with Gasteiger partial charge in [0.25, 0.3) is 0 Å². The zero-order valence-corrected chi connectivity index (χ0v) is 25.9. The number of ether oxygens (including phenoxy) is 4. The molecule has 220 valence electrons. The average molecular weight is 622 g/mol. The van der Waals surface area contributed by atoms with E-state index in [1.807, 2.05) is 50.2 Å². The normalized spacial score (nSPS) is 14.3. The Labute approximate surface area is 251 Å². The molecule has 1 aliphatic rings. The van der Waals surface area contributed by atoms with Crippen LogP contribution >= 0.6 is 23.2 Å². The fraction of sp³-hybridized carbons (Fsp3) is 0.387. The van der Waals surface area contributed by atoms with Gasteiger partial charge >= 0.3 is 5.97 Å².